The SMILES string of the molecule is CC(=O)/C(=C(/C)O)c1ccncc1.Cn1ccnc1-c1[c-]cccc1.[Ir]. The molecular formula is C20H20IrN3O2-. The Labute approximate surface area is 166 Å². The van der Waals surface area contributed by atoms with E-state index < -0.39 is 0 Å². The Hall–Kier alpha value is -2.56. The minimum Gasteiger partial charge on any atom is -0.512 e. The van der Waals surface area contributed by atoms with Crippen LogP contribution in [0.15, 0.2) is 66.9 Å². The Morgan fingerprint density at radius 1 is 1.12 bits per heavy atom. The third-order valence-corrected chi connectivity index (χ3v) is 3.45. The number of aliphatic hydroxyl groups is 1. The fourth-order valence-corrected chi connectivity index (χ4v) is 2.34. The topological polar surface area (TPSA) is 68.0 Å². The smallest absolute Gasteiger partial charge is 0.163 e. The molecule has 137 valence electrons. The van der Waals surface area contributed by atoms with Crippen molar-refractivity contribution in [1.82, 2.24) is 14.5 Å². The third-order valence-electron chi connectivity index (χ3n) is 3.45. The summed E-state index contributed by atoms with van der Waals surface area (Å²) in [7, 11) is 1.98. The van der Waals surface area contributed by atoms with Crippen LogP contribution in [0.2, 0.25) is 0 Å². The van der Waals surface area contributed by atoms with E-state index in [0.717, 1.165) is 11.4 Å². The van der Waals surface area contributed by atoms with E-state index in [-0.39, 0.29) is 31.6 Å². The fraction of sp³-hybridized carbons (Fsp3) is 0.150. The van der Waals surface area contributed by atoms with Gasteiger partial charge in [-0.15, -0.1) is 35.9 Å². The first-order valence-corrected chi connectivity index (χ1v) is 7.76. The second-order valence-electron chi connectivity index (χ2n) is 5.39. The van der Waals surface area contributed by atoms with Crippen LogP contribution in [-0.2, 0) is 31.9 Å². The Balaban J connectivity index is 0.000000251. The minimum absolute atomic E-state index is 0. The van der Waals surface area contributed by atoms with Gasteiger partial charge >= 0.3 is 0 Å². The number of aromatic nitrogens is 3. The largest absolute Gasteiger partial charge is 0.512 e. The van der Waals surface area contributed by atoms with Gasteiger partial charge in [0.25, 0.3) is 0 Å². The number of ketones is 1. The number of aliphatic hydroxyl groups excluding tert-OH is 1. The van der Waals surface area contributed by atoms with Crippen LogP contribution in [0, 0.1) is 6.07 Å². The molecule has 0 fully saturated rings. The number of allylic oxidation sites excluding steroid dienone is 2. The van der Waals surface area contributed by atoms with E-state index in [1.165, 1.54) is 13.8 Å². The van der Waals surface area contributed by atoms with Crippen molar-refractivity contribution in [1.29, 1.82) is 0 Å². The summed E-state index contributed by atoms with van der Waals surface area (Å²) in [6.45, 7) is 2.92. The van der Waals surface area contributed by atoms with E-state index in [1.807, 2.05) is 42.1 Å². The van der Waals surface area contributed by atoms with Crippen molar-refractivity contribution in [2.75, 3.05) is 0 Å². The van der Waals surface area contributed by atoms with Crippen molar-refractivity contribution in [3.05, 3.63) is 78.6 Å². The van der Waals surface area contributed by atoms with E-state index in [2.05, 4.69) is 16.0 Å². The number of imidazole rings is 1. The molecule has 6 heteroatoms. The number of benzene rings is 1. The molecule has 0 bridgehead atoms. The van der Waals surface area contributed by atoms with Crippen molar-refractivity contribution in [3.8, 4) is 11.4 Å². The molecule has 0 saturated heterocycles. The van der Waals surface area contributed by atoms with Gasteiger partial charge in [0.05, 0.1) is 11.4 Å². The maximum atomic E-state index is 11.1. The van der Waals surface area contributed by atoms with Crippen LogP contribution in [-0.4, -0.2) is 25.4 Å². The monoisotopic (exact) mass is 527 g/mol. The number of rotatable bonds is 3. The van der Waals surface area contributed by atoms with Gasteiger partial charge < -0.3 is 9.67 Å². The molecule has 0 aliphatic carbocycles. The summed E-state index contributed by atoms with van der Waals surface area (Å²) in [5.41, 5.74) is 2.08. The zero-order chi connectivity index (χ0) is 18.2. The van der Waals surface area contributed by atoms with E-state index >= 15 is 0 Å². The van der Waals surface area contributed by atoms with Gasteiger partial charge in [-0.1, -0.05) is 0 Å². The van der Waals surface area contributed by atoms with Gasteiger partial charge in [0, 0.05) is 51.9 Å². The molecule has 2 heterocycles. The first-order chi connectivity index (χ1) is 12.0. The van der Waals surface area contributed by atoms with Gasteiger partial charge in [-0.25, -0.2) is 0 Å². The van der Waals surface area contributed by atoms with Crippen LogP contribution in [0.25, 0.3) is 17.0 Å². The van der Waals surface area contributed by atoms with Crippen molar-refractivity contribution < 1.29 is 30.0 Å². The van der Waals surface area contributed by atoms with Crippen LogP contribution in [0.4, 0.5) is 0 Å². The summed E-state index contributed by atoms with van der Waals surface area (Å²) in [6, 6.07) is 14.3. The second kappa shape index (κ2) is 10.4. The van der Waals surface area contributed by atoms with E-state index in [1.54, 1.807) is 30.7 Å². The average Bonchev–Trinajstić information content (AvgIpc) is 3.03. The van der Waals surface area contributed by atoms with E-state index in [9.17, 15) is 9.90 Å². The second-order valence-corrected chi connectivity index (χ2v) is 5.39. The molecule has 0 amide bonds. The van der Waals surface area contributed by atoms with Gasteiger partial charge in [0.15, 0.2) is 5.78 Å². The molecule has 1 aromatic carbocycles. The van der Waals surface area contributed by atoms with Crippen LogP contribution < -0.4 is 0 Å². The number of aryl methyl sites for hydroxylation is 1. The number of carbonyl (C=O) groups is 1. The number of carbonyl (C=O) groups excluding carboxylic acids is 1. The number of hydrogen-bond donors (Lipinski definition) is 1. The van der Waals surface area contributed by atoms with Crippen LogP contribution in [0.5, 0.6) is 0 Å². The summed E-state index contributed by atoms with van der Waals surface area (Å²) in [6.07, 6.45) is 6.88. The van der Waals surface area contributed by atoms with Gasteiger partial charge in [0.2, 0.25) is 0 Å². The number of Topliss-reactive ketones (excluding diaryl/α,β-unsaturated/α-hetero) is 1. The minimum atomic E-state index is -0.147. The molecule has 0 aliphatic rings. The van der Waals surface area contributed by atoms with Crippen molar-refractivity contribution in [2.24, 2.45) is 7.05 Å². The molecule has 3 rings (SSSR count). The summed E-state index contributed by atoms with van der Waals surface area (Å²) in [4.78, 5) is 19.2. The summed E-state index contributed by atoms with van der Waals surface area (Å²) >= 11 is 0. The molecule has 2 aromatic heterocycles. The number of hydrogen-bond acceptors (Lipinski definition) is 4. The first-order valence-electron chi connectivity index (χ1n) is 7.76. The quantitative estimate of drug-likeness (QED) is 0.320. The number of pyridine rings is 1. The molecule has 0 saturated carbocycles. The molecule has 0 unspecified atom stereocenters. The molecule has 5 nitrogen and oxygen atoms in total. The van der Waals surface area contributed by atoms with Crippen LogP contribution >= 0.6 is 0 Å². The summed E-state index contributed by atoms with van der Waals surface area (Å²) in [5.74, 6) is 0.848. The molecule has 0 aliphatic heterocycles. The first kappa shape index (κ1) is 21.5. The van der Waals surface area contributed by atoms with Gasteiger partial charge in [0.1, 0.15) is 5.76 Å². The Morgan fingerprint density at radius 2 is 1.81 bits per heavy atom. The molecule has 0 spiro atoms. The Kier molecular flexibility index (Phi) is 8.62. The fourth-order valence-electron chi connectivity index (χ4n) is 2.34. The van der Waals surface area contributed by atoms with Gasteiger partial charge in [-0.3, -0.25) is 14.8 Å². The molecule has 1 N–H and O–H groups in total. The predicted octanol–water partition coefficient (Wildman–Crippen LogP) is 3.84. The summed E-state index contributed by atoms with van der Waals surface area (Å²) < 4.78 is 1.98. The summed E-state index contributed by atoms with van der Waals surface area (Å²) in [5, 5.41) is 9.27. The predicted molar refractivity (Wildman–Crippen MR) is 97.6 cm³/mol. The standard InChI is InChI=1S/C10H9N2.C10H11NO2.Ir/c1-12-8-7-11-10(12)9-5-3-2-4-6-9;1-7(12)10(8(2)13)9-3-5-11-6-4-9;/h2-5,7-8H,1H3;3-6,12H,1-2H3;/q-1;;/b;10-7+;. The maximum Gasteiger partial charge on any atom is 0.163 e. The van der Waals surface area contributed by atoms with E-state index in [4.69, 9.17) is 0 Å². The van der Waals surface area contributed by atoms with Gasteiger partial charge in [-0.2, -0.15) is 0 Å². The molecule has 1 radical (unpaired) electrons. The zero-order valence-corrected chi connectivity index (χ0v) is 17.2. The molecule has 0 atom stereocenters. The van der Waals surface area contributed by atoms with Crippen molar-refractivity contribution in [3.63, 3.8) is 0 Å². The third kappa shape index (κ3) is 5.76. The molecule has 26 heavy (non-hydrogen) atoms. The molecular weight excluding hydrogens is 506 g/mol. The molecule has 3 aromatic rings. The van der Waals surface area contributed by atoms with E-state index in [0.29, 0.717) is 11.1 Å². The Bertz CT molecular complexity index is 855. The zero-order valence-electron chi connectivity index (χ0n) is 14.8. The van der Waals surface area contributed by atoms with Crippen molar-refractivity contribution >= 4 is 11.4 Å². The maximum absolute atomic E-state index is 11.1. The normalized spacial score (nSPS) is 10.7. The van der Waals surface area contributed by atoms with Gasteiger partial charge in [-0.05, 0) is 31.5 Å². The van der Waals surface area contributed by atoms with Crippen molar-refractivity contribution in [2.45, 2.75) is 13.8 Å². The van der Waals surface area contributed by atoms with Crippen LogP contribution in [0.3, 0.4) is 0 Å². The Morgan fingerprint density at radius 3 is 2.27 bits per heavy atom. The van der Waals surface area contributed by atoms with Crippen LogP contribution in [0.1, 0.15) is 19.4 Å². The average molecular weight is 527 g/mol. The number of nitrogens with zero attached hydrogens (tertiary/aromatic N) is 3.